The Labute approximate surface area is 170 Å². The molecule has 8 heteroatoms. The first-order valence-electron chi connectivity index (χ1n) is 9.52. The van der Waals surface area contributed by atoms with Crippen LogP contribution < -0.4 is 10.1 Å². The number of ether oxygens (including phenoxy) is 1. The average molecular weight is 421 g/mol. The molecule has 6 nitrogen and oxygen atoms in total. The van der Waals surface area contributed by atoms with E-state index in [0.717, 1.165) is 6.42 Å². The zero-order chi connectivity index (χ0) is 21.0. The van der Waals surface area contributed by atoms with Crippen molar-refractivity contribution in [3.8, 4) is 5.75 Å². The monoisotopic (exact) mass is 420 g/mol. The van der Waals surface area contributed by atoms with Crippen LogP contribution in [0, 0.1) is 17.7 Å². The van der Waals surface area contributed by atoms with Crippen molar-refractivity contribution in [2.45, 2.75) is 25.2 Å². The maximum absolute atomic E-state index is 13.1. The predicted molar refractivity (Wildman–Crippen MR) is 109 cm³/mol. The van der Waals surface area contributed by atoms with Gasteiger partial charge in [-0.3, -0.25) is 4.79 Å². The highest BCUT2D eigenvalue weighted by Gasteiger charge is 2.31. The normalized spacial score (nSPS) is 20.2. The highest BCUT2D eigenvalue weighted by Crippen LogP contribution is 2.27. The molecule has 0 spiro atoms. The third kappa shape index (κ3) is 5.55. The van der Waals surface area contributed by atoms with E-state index in [1.807, 2.05) is 0 Å². The summed E-state index contributed by atoms with van der Waals surface area (Å²) in [5.41, 5.74) is 0.456. The first-order chi connectivity index (χ1) is 13.7. The summed E-state index contributed by atoms with van der Waals surface area (Å²) in [7, 11) is -3.56. The van der Waals surface area contributed by atoms with Crippen LogP contribution in [0.25, 0.3) is 0 Å². The van der Waals surface area contributed by atoms with E-state index in [0.29, 0.717) is 30.6 Å². The van der Waals surface area contributed by atoms with Crippen molar-refractivity contribution in [1.82, 2.24) is 4.31 Å². The zero-order valence-corrected chi connectivity index (χ0v) is 17.3. The van der Waals surface area contributed by atoms with E-state index < -0.39 is 21.7 Å². The molecule has 29 heavy (non-hydrogen) atoms. The summed E-state index contributed by atoms with van der Waals surface area (Å²) in [6.07, 6.45) is 1.02. The fraction of sp³-hybridized carbons (Fsp3) is 0.381. The number of halogens is 1. The Kier molecular flexibility index (Phi) is 6.54. The van der Waals surface area contributed by atoms with Gasteiger partial charge in [0.2, 0.25) is 10.0 Å². The molecule has 1 saturated heterocycles. The third-order valence-corrected chi connectivity index (χ3v) is 6.62. The van der Waals surface area contributed by atoms with Crippen LogP contribution >= 0.6 is 0 Å². The summed E-state index contributed by atoms with van der Waals surface area (Å²) in [6.45, 7) is 4.86. The van der Waals surface area contributed by atoms with Crippen molar-refractivity contribution in [3.05, 3.63) is 54.3 Å². The van der Waals surface area contributed by atoms with Crippen molar-refractivity contribution in [1.29, 1.82) is 0 Å². The second-order valence-corrected chi connectivity index (χ2v) is 9.52. The van der Waals surface area contributed by atoms with Gasteiger partial charge in [0.15, 0.2) is 6.61 Å². The number of hydrogen-bond donors (Lipinski definition) is 1. The summed E-state index contributed by atoms with van der Waals surface area (Å²) in [6, 6.07) is 11.6. The van der Waals surface area contributed by atoms with Crippen LogP contribution in [0.4, 0.5) is 10.1 Å². The quantitative estimate of drug-likeness (QED) is 0.776. The SMILES string of the molecule is C[C@@H]1C[C@H](C)CN(S(=O)(=O)c2ccc(NC(=O)COc3cccc(F)c3)cc2)C1. The lowest BCUT2D eigenvalue weighted by Crippen LogP contribution is -2.42. The van der Waals surface area contributed by atoms with Crippen molar-refractivity contribution >= 4 is 21.6 Å². The standard InChI is InChI=1S/C21H25FN2O4S/c1-15-10-16(2)13-24(12-15)29(26,27)20-8-6-18(7-9-20)23-21(25)14-28-19-5-3-4-17(22)11-19/h3-9,11,15-16H,10,12-14H2,1-2H3,(H,23,25)/t15-,16+. The van der Waals surface area contributed by atoms with Gasteiger partial charge in [-0.2, -0.15) is 4.31 Å². The second-order valence-electron chi connectivity index (χ2n) is 7.59. The number of nitrogens with zero attached hydrogens (tertiary/aromatic N) is 1. The van der Waals surface area contributed by atoms with Gasteiger partial charge in [-0.25, -0.2) is 12.8 Å². The number of hydrogen-bond acceptors (Lipinski definition) is 4. The number of carbonyl (C=O) groups excluding carboxylic acids is 1. The zero-order valence-electron chi connectivity index (χ0n) is 16.5. The summed E-state index contributed by atoms with van der Waals surface area (Å²) in [5, 5.41) is 2.63. The lowest BCUT2D eigenvalue weighted by molar-refractivity contribution is -0.118. The molecule has 0 aromatic heterocycles. The van der Waals surface area contributed by atoms with E-state index >= 15 is 0 Å². The molecular weight excluding hydrogens is 395 g/mol. The molecule has 0 saturated carbocycles. The first-order valence-corrected chi connectivity index (χ1v) is 11.0. The molecule has 156 valence electrons. The van der Waals surface area contributed by atoms with Crippen LogP contribution in [0.3, 0.4) is 0 Å². The van der Waals surface area contributed by atoms with Crippen LogP contribution in [-0.4, -0.2) is 38.3 Å². The van der Waals surface area contributed by atoms with Crippen LogP contribution in [0.15, 0.2) is 53.4 Å². The largest absolute Gasteiger partial charge is 0.484 e. The molecule has 1 heterocycles. The van der Waals surface area contributed by atoms with Crippen molar-refractivity contribution < 1.29 is 22.3 Å². The van der Waals surface area contributed by atoms with Gasteiger partial charge >= 0.3 is 0 Å². The fourth-order valence-corrected chi connectivity index (χ4v) is 5.24. The second kappa shape index (κ2) is 8.92. The average Bonchev–Trinajstić information content (AvgIpc) is 2.66. The first kappa shape index (κ1) is 21.3. The van der Waals surface area contributed by atoms with E-state index in [2.05, 4.69) is 19.2 Å². The van der Waals surface area contributed by atoms with E-state index in [9.17, 15) is 17.6 Å². The lowest BCUT2D eigenvalue weighted by Gasteiger charge is -2.34. The highest BCUT2D eigenvalue weighted by atomic mass is 32.2. The number of anilines is 1. The van der Waals surface area contributed by atoms with Crippen LogP contribution in [-0.2, 0) is 14.8 Å². The molecule has 1 fully saturated rings. The Balaban J connectivity index is 1.60. The summed E-state index contributed by atoms with van der Waals surface area (Å²) in [4.78, 5) is 12.2. The van der Waals surface area contributed by atoms with Crippen molar-refractivity contribution in [2.24, 2.45) is 11.8 Å². The van der Waals surface area contributed by atoms with Crippen molar-refractivity contribution in [3.63, 3.8) is 0 Å². The molecule has 1 aliphatic rings. The van der Waals surface area contributed by atoms with E-state index in [1.54, 1.807) is 18.2 Å². The number of rotatable bonds is 6. The Bertz CT molecular complexity index is 953. The summed E-state index contributed by atoms with van der Waals surface area (Å²) in [5.74, 6) is 0.0303. The van der Waals surface area contributed by atoms with Crippen LogP contribution in [0.2, 0.25) is 0 Å². The smallest absolute Gasteiger partial charge is 0.262 e. The topological polar surface area (TPSA) is 75.7 Å². The van der Waals surface area contributed by atoms with Gasteiger partial charge in [0.1, 0.15) is 11.6 Å². The fourth-order valence-electron chi connectivity index (χ4n) is 3.56. The highest BCUT2D eigenvalue weighted by molar-refractivity contribution is 7.89. The van der Waals surface area contributed by atoms with Gasteiger partial charge in [-0.15, -0.1) is 0 Å². The molecular formula is C21H25FN2O4S. The number of amides is 1. The third-order valence-electron chi connectivity index (χ3n) is 4.78. The summed E-state index contributed by atoms with van der Waals surface area (Å²) >= 11 is 0. The minimum Gasteiger partial charge on any atom is -0.484 e. The maximum Gasteiger partial charge on any atom is 0.262 e. The predicted octanol–water partition coefficient (Wildman–Crippen LogP) is 3.51. The van der Waals surface area contributed by atoms with E-state index in [1.165, 1.54) is 34.6 Å². The Morgan fingerprint density at radius 2 is 1.79 bits per heavy atom. The molecule has 1 amide bonds. The number of sulfonamides is 1. The summed E-state index contributed by atoms with van der Waals surface area (Å²) < 4.78 is 45.7. The molecule has 0 unspecified atom stereocenters. The Morgan fingerprint density at radius 1 is 1.14 bits per heavy atom. The molecule has 2 aromatic carbocycles. The van der Waals surface area contributed by atoms with Gasteiger partial charge in [0.05, 0.1) is 4.90 Å². The molecule has 1 aliphatic heterocycles. The van der Waals surface area contributed by atoms with Gasteiger partial charge in [0.25, 0.3) is 5.91 Å². The van der Waals surface area contributed by atoms with Crippen LogP contribution in [0.5, 0.6) is 5.75 Å². The molecule has 2 aromatic rings. The van der Waals surface area contributed by atoms with E-state index in [-0.39, 0.29) is 17.3 Å². The van der Waals surface area contributed by atoms with Gasteiger partial charge in [-0.1, -0.05) is 19.9 Å². The van der Waals surface area contributed by atoms with Crippen LogP contribution in [0.1, 0.15) is 20.3 Å². The molecule has 0 radical (unpaired) electrons. The lowest BCUT2D eigenvalue weighted by atomic mass is 9.94. The molecule has 0 bridgehead atoms. The number of piperidine rings is 1. The Morgan fingerprint density at radius 3 is 2.41 bits per heavy atom. The van der Waals surface area contributed by atoms with Gasteiger partial charge in [-0.05, 0) is 54.7 Å². The minimum atomic E-state index is -3.56. The molecule has 3 rings (SSSR count). The Hall–Kier alpha value is -2.45. The number of carbonyl (C=O) groups is 1. The van der Waals surface area contributed by atoms with Gasteiger partial charge < -0.3 is 10.1 Å². The number of benzene rings is 2. The molecule has 2 atom stereocenters. The molecule has 1 N–H and O–H groups in total. The molecule has 0 aliphatic carbocycles. The number of nitrogens with one attached hydrogen (secondary N) is 1. The van der Waals surface area contributed by atoms with E-state index in [4.69, 9.17) is 4.74 Å². The van der Waals surface area contributed by atoms with Gasteiger partial charge in [0, 0.05) is 24.8 Å². The van der Waals surface area contributed by atoms with Crippen molar-refractivity contribution in [2.75, 3.05) is 25.0 Å². The minimum absolute atomic E-state index is 0.202. The maximum atomic E-state index is 13.1.